The van der Waals surface area contributed by atoms with Crippen LogP contribution in [0.4, 0.5) is 0 Å². The summed E-state index contributed by atoms with van der Waals surface area (Å²) in [5.74, 6) is 0.233. The minimum absolute atomic E-state index is 0.100. The van der Waals surface area contributed by atoms with Crippen molar-refractivity contribution in [3.63, 3.8) is 0 Å². The third kappa shape index (κ3) is 3.01. The van der Waals surface area contributed by atoms with Crippen molar-refractivity contribution in [2.75, 3.05) is 33.4 Å². The summed E-state index contributed by atoms with van der Waals surface area (Å²) in [6.07, 6.45) is 0. The van der Waals surface area contributed by atoms with Crippen LogP contribution in [-0.4, -0.2) is 50.2 Å². The van der Waals surface area contributed by atoms with E-state index in [9.17, 15) is 9.59 Å². The van der Waals surface area contributed by atoms with E-state index in [4.69, 9.17) is 14.2 Å². The van der Waals surface area contributed by atoms with Crippen LogP contribution in [0.3, 0.4) is 0 Å². The van der Waals surface area contributed by atoms with Crippen LogP contribution in [0.15, 0.2) is 18.2 Å². The Hall–Kier alpha value is -2.24. The number of nitrogens with zero attached hydrogens (tertiary/aromatic N) is 1. The van der Waals surface area contributed by atoms with Crippen LogP contribution in [0, 0.1) is 0 Å². The summed E-state index contributed by atoms with van der Waals surface area (Å²) < 4.78 is 15.7. The molecule has 1 aliphatic rings. The standard InChI is InChI=1S/C14H17NO5/c1-3-18-12(16)9-15(2)14(17)10-5-4-6-11-13(10)20-8-7-19-11/h4-6H,3,7-9H2,1-2H3. The number of ether oxygens (including phenoxy) is 3. The molecule has 0 atom stereocenters. The molecule has 0 saturated heterocycles. The number of esters is 1. The van der Waals surface area contributed by atoms with Crippen molar-refractivity contribution in [1.82, 2.24) is 4.90 Å². The zero-order chi connectivity index (χ0) is 14.5. The lowest BCUT2D eigenvalue weighted by Gasteiger charge is -2.22. The summed E-state index contributed by atoms with van der Waals surface area (Å²) in [4.78, 5) is 25.0. The van der Waals surface area contributed by atoms with Crippen molar-refractivity contribution in [2.45, 2.75) is 6.92 Å². The van der Waals surface area contributed by atoms with E-state index in [-0.39, 0.29) is 12.5 Å². The smallest absolute Gasteiger partial charge is 0.325 e. The summed E-state index contributed by atoms with van der Waals surface area (Å²) in [5.41, 5.74) is 0.383. The molecule has 1 heterocycles. The molecule has 1 aromatic rings. The molecule has 0 aromatic heterocycles. The van der Waals surface area contributed by atoms with Crippen molar-refractivity contribution in [2.24, 2.45) is 0 Å². The summed E-state index contributed by atoms with van der Waals surface area (Å²) >= 11 is 0. The fraction of sp³-hybridized carbons (Fsp3) is 0.429. The zero-order valence-electron chi connectivity index (χ0n) is 11.5. The first-order valence-corrected chi connectivity index (χ1v) is 6.43. The molecule has 1 aliphatic heterocycles. The van der Waals surface area contributed by atoms with E-state index >= 15 is 0 Å². The van der Waals surface area contributed by atoms with Gasteiger partial charge in [-0.3, -0.25) is 9.59 Å². The van der Waals surface area contributed by atoms with Gasteiger partial charge in [0, 0.05) is 7.05 Å². The van der Waals surface area contributed by atoms with Gasteiger partial charge >= 0.3 is 5.97 Å². The average molecular weight is 279 g/mol. The number of fused-ring (bicyclic) bond motifs is 1. The molecule has 0 N–H and O–H groups in total. The zero-order valence-corrected chi connectivity index (χ0v) is 11.5. The Balaban J connectivity index is 2.14. The van der Waals surface area contributed by atoms with Gasteiger partial charge in [0.05, 0.1) is 12.2 Å². The maximum atomic E-state index is 12.3. The number of likely N-dealkylation sites (N-methyl/N-ethyl adjacent to an activating group) is 1. The third-order valence-electron chi connectivity index (χ3n) is 2.81. The second kappa shape index (κ2) is 6.27. The van der Waals surface area contributed by atoms with E-state index in [0.29, 0.717) is 36.9 Å². The van der Waals surface area contributed by atoms with Gasteiger partial charge in [-0.25, -0.2) is 0 Å². The molecule has 0 fully saturated rings. The highest BCUT2D eigenvalue weighted by Gasteiger charge is 2.23. The van der Waals surface area contributed by atoms with Gasteiger partial charge in [0.2, 0.25) is 0 Å². The highest BCUT2D eigenvalue weighted by molar-refractivity contribution is 5.99. The second-order valence-electron chi connectivity index (χ2n) is 4.30. The highest BCUT2D eigenvalue weighted by atomic mass is 16.6. The van der Waals surface area contributed by atoms with Crippen LogP contribution in [0.5, 0.6) is 11.5 Å². The Labute approximate surface area is 117 Å². The van der Waals surface area contributed by atoms with Gasteiger partial charge in [-0.15, -0.1) is 0 Å². The fourth-order valence-corrected chi connectivity index (χ4v) is 1.92. The summed E-state index contributed by atoms with van der Waals surface area (Å²) in [7, 11) is 1.54. The molecule has 0 saturated carbocycles. The predicted octanol–water partition coefficient (Wildman–Crippen LogP) is 1.09. The number of rotatable bonds is 4. The lowest BCUT2D eigenvalue weighted by atomic mass is 10.1. The molecular formula is C14H17NO5. The number of carbonyl (C=O) groups is 2. The minimum Gasteiger partial charge on any atom is -0.486 e. The number of hydrogen-bond acceptors (Lipinski definition) is 5. The SMILES string of the molecule is CCOC(=O)CN(C)C(=O)c1cccc2c1OCCO2. The topological polar surface area (TPSA) is 65.1 Å². The Morgan fingerprint density at radius 3 is 2.80 bits per heavy atom. The third-order valence-corrected chi connectivity index (χ3v) is 2.81. The first-order valence-electron chi connectivity index (χ1n) is 6.43. The molecule has 0 spiro atoms. The van der Waals surface area contributed by atoms with E-state index in [1.807, 2.05) is 0 Å². The quantitative estimate of drug-likeness (QED) is 0.772. The first-order chi connectivity index (χ1) is 9.63. The monoisotopic (exact) mass is 279 g/mol. The van der Waals surface area contributed by atoms with Crippen molar-refractivity contribution < 1.29 is 23.8 Å². The van der Waals surface area contributed by atoms with Crippen LogP contribution < -0.4 is 9.47 Å². The molecule has 0 unspecified atom stereocenters. The second-order valence-corrected chi connectivity index (χ2v) is 4.30. The van der Waals surface area contributed by atoms with Crippen LogP contribution >= 0.6 is 0 Å². The van der Waals surface area contributed by atoms with Crippen molar-refractivity contribution in [3.05, 3.63) is 23.8 Å². The maximum Gasteiger partial charge on any atom is 0.325 e. The Bertz CT molecular complexity index is 514. The predicted molar refractivity (Wildman–Crippen MR) is 71.0 cm³/mol. The molecule has 6 nitrogen and oxygen atoms in total. The first kappa shape index (κ1) is 14.2. The number of carbonyl (C=O) groups excluding carboxylic acids is 2. The normalized spacial score (nSPS) is 12.7. The number of benzene rings is 1. The molecule has 0 bridgehead atoms. The van der Waals surface area contributed by atoms with E-state index in [0.717, 1.165) is 0 Å². The molecule has 20 heavy (non-hydrogen) atoms. The van der Waals surface area contributed by atoms with Crippen LogP contribution in [0.1, 0.15) is 17.3 Å². The molecule has 1 aromatic carbocycles. The van der Waals surface area contributed by atoms with Crippen molar-refractivity contribution in [1.29, 1.82) is 0 Å². The van der Waals surface area contributed by atoms with Gasteiger partial charge in [-0.1, -0.05) is 6.07 Å². The molecule has 0 aliphatic carbocycles. The molecule has 108 valence electrons. The molecular weight excluding hydrogens is 262 g/mol. The lowest BCUT2D eigenvalue weighted by Crippen LogP contribution is -2.33. The van der Waals surface area contributed by atoms with Gasteiger partial charge in [0.25, 0.3) is 5.91 Å². The molecule has 2 rings (SSSR count). The Morgan fingerprint density at radius 2 is 2.05 bits per heavy atom. The van der Waals surface area contributed by atoms with E-state index < -0.39 is 5.97 Å². The molecule has 1 amide bonds. The molecule has 0 radical (unpaired) electrons. The minimum atomic E-state index is -0.440. The lowest BCUT2D eigenvalue weighted by molar-refractivity contribution is -0.143. The Morgan fingerprint density at radius 1 is 1.30 bits per heavy atom. The highest BCUT2D eigenvalue weighted by Crippen LogP contribution is 2.34. The van der Waals surface area contributed by atoms with Gasteiger partial charge in [0.15, 0.2) is 11.5 Å². The van der Waals surface area contributed by atoms with Crippen LogP contribution in [-0.2, 0) is 9.53 Å². The van der Waals surface area contributed by atoms with E-state index in [2.05, 4.69) is 0 Å². The van der Waals surface area contributed by atoms with Gasteiger partial charge in [0.1, 0.15) is 19.8 Å². The summed E-state index contributed by atoms with van der Waals surface area (Å²) in [5, 5.41) is 0. The fourth-order valence-electron chi connectivity index (χ4n) is 1.92. The van der Waals surface area contributed by atoms with E-state index in [1.54, 1.807) is 32.2 Å². The summed E-state index contributed by atoms with van der Waals surface area (Å²) in [6.45, 7) is 2.77. The number of amides is 1. The van der Waals surface area contributed by atoms with E-state index in [1.165, 1.54) is 4.90 Å². The summed E-state index contributed by atoms with van der Waals surface area (Å²) in [6, 6.07) is 5.12. The van der Waals surface area contributed by atoms with Crippen molar-refractivity contribution in [3.8, 4) is 11.5 Å². The van der Waals surface area contributed by atoms with Crippen LogP contribution in [0.2, 0.25) is 0 Å². The van der Waals surface area contributed by atoms with Crippen LogP contribution in [0.25, 0.3) is 0 Å². The number of para-hydroxylation sites is 1. The van der Waals surface area contributed by atoms with Crippen molar-refractivity contribution >= 4 is 11.9 Å². The molecule has 6 heteroatoms. The maximum absolute atomic E-state index is 12.3. The average Bonchev–Trinajstić information content (AvgIpc) is 2.46. The number of hydrogen-bond donors (Lipinski definition) is 0. The van der Waals surface area contributed by atoms with Gasteiger partial charge < -0.3 is 19.1 Å². The van der Waals surface area contributed by atoms with Gasteiger partial charge in [-0.2, -0.15) is 0 Å². The largest absolute Gasteiger partial charge is 0.486 e. The van der Waals surface area contributed by atoms with Gasteiger partial charge in [-0.05, 0) is 19.1 Å². The Kier molecular flexibility index (Phi) is 4.45.